The molecular weight excluding hydrogens is 663 g/mol. The Balaban J connectivity index is 1.14. The van der Waals surface area contributed by atoms with Crippen molar-refractivity contribution in [1.82, 2.24) is 4.57 Å². The molecule has 0 saturated carbocycles. The Morgan fingerprint density at radius 1 is 0.255 bits per heavy atom. The summed E-state index contributed by atoms with van der Waals surface area (Å²) in [6, 6.07) is 77.7. The van der Waals surface area contributed by atoms with E-state index in [1.165, 1.54) is 98.6 Å². The van der Waals surface area contributed by atoms with Gasteiger partial charge in [-0.25, -0.2) is 0 Å². The number of aromatic nitrogens is 1. The molecule has 0 aliphatic rings. The summed E-state index contributed by atoms with van der Waals surface area (Å²) in [4.78, 5) is 0. The fourth-order valence-corrected chi connectivity index (χ4v) is 8.86. The van der Waals surface area contributed by atoms with Gasteiger partial charge in [-0.1, -0.05) is 176 Å². The van der Waals surface area contributed by atoms with Crippen molar-refractivity contribution in [2.45, 2.75) is 0 Å². The van der Waals surface area contributed by atoms with Crippen LogP contribution in [0.1, 0.15) is 0 Å². The number of rotatable bonds is 5. The summed E-state index contributed by atoms with van der Waals surface area (Å²) >= 11 is 0. The predicted octanol–water partition coefficient (Wildman–Crippen LogP) is 14.9. The Labute approximate surface area is 320 Å². The first-order chi connectivity index (χ1) is 27.3. The van der Waals surface area contributed by atoms with Crippen molar-refractivity contribution in [3.8, 4) is 50.2 Å². The first kappa shape index (κ1) is 31.3. The van der Waals surface area contributed by atoms with Crippen LogP contribution in [0.3, 0.4) is 0 Å². The molecule has 0 radical (unpaired) electrons. The molecule has 0 atom stereocenters. The summed E-state index contributed by atoms with van der Waals surface area (Å²) in [6.45, 7) is 0. The molecular formula is C54H35N. The maximum Gasteiger partial charge on any atom is 0.0541 e. The summed E-state index contributed by atoms with van der Waals surface area (Å²) < 4.78 is 2.43. The van der Waals surface area contributed by atoms with Gasteiger partial charge >= 0.3 is 0 Å². The second-order valence-corrected chi connectivity index (χ2v) is 14.4. The summed E-state index contributed by atoms with van der Waals surface area (Å²) in [5.74, 6) is 0. The molecule has 11 aromatic rings. The molecule has 1 nitrogen and oxygen atoms in total. The largest absolute Gasteiger partial charge is 0.309 e. The highest BCUT2D eigenvalue weighted by Gasteiger charge is 2.20. The quantitative estimate of drug-likeness (QED) is 0.125. The van der Waals surface area contributed by atoms with E-state index in [0.29, 0.717) is 0 Å². The van der Waals surface area contributed by atoms with Crippen molar-refractivity contribution in [3.05, 3.63) is 212 Å². The highest BCUT2D eigenvalue weighted by Crippen LogP contribution is 2.46. The second kappa shape index (κ2) is 12.7. The van der Waals surface area contributed by atoms with Crippen LogP contribution >= 0.6 is 0 Å². The Kier molecular flexibility index (Phi) is 7.25. The summed E-state index contributed by atoms with van der Waals surface area (Å²) in [5, 5.41) is 10.1. The van der Waals surface area contributed by atoms with Crippen LogP contribution in [0, 0.1) is 0 Å². The number of fused-ring (bicyclic) bond motifs is 7. The van der Waals surface area contributed by atoms with Crippen molar-refractivity contribution < 1.29 is 0 Å². The lowest BCUT2D eigenvalue weighted by Crippen LogP contribution is -1.95. The van der Waals surface area contributed by atoms with Crippen molar-refractivity contribution in [2.75, 3.05) is 0 Å². The maximum atomic E-state index is 2.43. The highest BCUT2D eigenvalue weighted by atomic mass is 15.0. The average Bonchev–Trinajstić information content (AvgIpc) is 3.59. The van der Waals surface area contributed by atoms with Crippen LogP contribution in [0.5, 0.6) is 0 Å². The summed E-state index contributed by atoms with van der Waals surface area (Å²) in [7, 11) is 0. The molecule has 0 bridgehead atoms. The van der Waals surface area contributed by atoms with Gasteiger partial charge in [0, 0.05) is 16.5 Å². The van der Waals surface area contributed by atoms with Crippen LogP contribution in [-0.2, 0) is 0 Å². The third-order valence-corrected chi connectivity index (χ3v) is 11.4. The molecule has 0 aliphatic carbocycles. The van der Waals surface area contributed by atoms with Gasteiger partial charge < -0.3 is 4.57 Å². The Morgan fingerprint density at radius 2 is 0.709 bits per heavy atom. The first-order valence-corrected chi connectivity index (χ1v) is 19.0. The fourth-order valence-electron chi connectivity index (χ4n) is 8.86. The SMILES string of the molecule is c1ccc(-c2ccc3c(c2)c2cc(-c4ccccc4)ccc2n3-c2ccc(-c3c4ccccc4c(-c4ccccc4)c4c3ccc3ccccc34)cc2)cc1. The van der Waals surface area contributed by atoms with Gasteiger partial charge in [-0.3, -0.25) is 0 Å². The van der Waals surface area contributed by atoms with E-state index in [0.717, 1.165) is 5.69 Å². The first-order valence-electron chi connectivity index (χ1n) is 19.0. The van der Waals surface area contributed by atoms with Crippen LogP contribution in [0.2, 0.25) is 0 Å². The van der Waals surface area contributed by atoms with Crippen molar-refractivity contribution in [1.29, 1.82) is 0 Å². The van der Waals surface area contributed by atoms with E-state index < -0.39 is 0 Å². The monoisotopic (exact) mass is 697 g/mol. The van der Waals surface area contributed by atoms with E-state index in [9.17, 15) is 0 Å². The molecule has 0 unspecified atom stereocenters. The molecule has 256 valence electrons. The minimum atomic E-state index is 1.14. The molecule has 0 aliphatic heterocycles. The topological polar surface area (TPSA) is 4.93 Å². The van der Waals surface area contributed by atoms with Crippen LogP contribution in [-0.4, -0.2) is 4.57 Å². The van der Waals surface area contributed by atoms with Crippen molar-refractivity contribution >= 4 is 54.1 Å². The molecule has 11 rings (SSSR count). The van der Waals surface area contributed by atoms with E-state index in [4.69, 9.17) is 0 Å². The highest BCUT2D eigenvalue weighted by molar-refractivity contribution is 6.28. The molecule has 0 spiro atoms. The van der Waals surface area contributed by atoms with Gasteiger partial charge in [-0.05, 0) is 113 Å². The minimum Gasteiger partial charge on any atom is -0.309 e. The maximum absolute atomic E-state index is 2.43. The molecule has 1 heteroatoms. The molecule has 1 aromatic heterocycles. The average molecular weight is 698 g/mol. The van der Waals surface area contributed by atoms with Gasteiger partial charge in [0.2, 0.25) is 0 Å². The van der Waals surface area contributed by atoms with Gasteiger partial charge in [-0.15, -0.1) is 0 Å². The third kappa shape index (κ3) is 5.09. The molecule has 55 heavy (non-hydrogen) atoms. The fraction of sp³-hybridized carbons (Fsp3) is 0. The number of hydrogen-bond donors (Lipinski definition) is 0. The van der Waals surface area contributed by atoms with Crippen LogP contribution in [0.4, 0.5) is 0 Å². The van der Waals surface area contributed by atoms with Gasteiger partial charge in [0.15, 0.2) is 0 Å². The van der Waals surface area contributed by atoms with Crippen molar-refractivity contribution in [3.63, 3.8) is 0 Å². The second-order valence-electron chi connectivity index (χ2n) is 14.4. The molecule has 1 heterocycles. The molecule has 0 fully saturated rings. The number of hydrogen-bond acceptors (Lipinski definition) is 0. The van der Waals surface area contributed by atoms with E-state index in [2.05, 4.69) is 217 Å². The summed E-state index contributed by atoms with van der Waals surface area (Å²) in [5.41, 5.74) is 13.4. The Morgan fingerprint density at radius 3 is 1.29 bits per heavy atom. The van der Waals surface area contributed by atoms with Gasteiger partial charge in [0.05, 0.1) is 11.0 Å². The van der Waals surface area contributed by atoms with Crippen LogP contribution < -0.4 is 0 Å². The molecule has 0 N–H and O–H groups in total. The zero-order valence-corrected chi connectivity index (χ0v) is 30.2. The smallest absolute Gasteiger partial charge is 0.0541 e. The standard InChI is InChI=1S/C54H35N/c1-4-14-36(15-5-1)41-27-32-50-48(34-41)49-35-42(37-16-6-2-7-17-37)28-33-51(49)55(50)43-29-24-40(25-30-43)52-45-22-12-13-23-46(45)53(39-19-8-3-9-20-39)54-44-21-11-10-18-38(44)26-31-47(52)54/h1-35H. The number of nitrogens with zero attached hydrogens (tertiary/aromatic N) is 1. The third-order valence-electron chi connectivity index (χ3n) is 11.4. The van der Waals surface area contributed by atoms with Gasteiger partial charge in [0.25, 0.3) is 0 Å². The minimum absolute atomic E-state index is 1.14. The van der Waals surface area contributed by atoms with E-state index in [1.807, 2.05) is 0 Å². The lowest BCUT2D eigenvalue weighted by Gasteiger charge is -2.19. The lowest BCUT2D eigenvalue weighted by atomic mass is 9.84. The van der Waals surface area contributed by atoms with E-state index in [-0.39, 0.29) is 0 Å². The summed E-state index contributed by atoms with van der Waals surface area (Å²) in [6.07, 6.45) is 0. The zero-order chi connectivity index (χ0) is 36.3. The molecule has 0 amide bonds. The predicted molar refractivity (Wildman–Crippen MR) is 235 cm³/mol. The van der Waals surface area contributed by atoms with Crippen LogP contribution in [0.25, 0.3) is 104 Å². The number of benzene rings is 10. The Hall–Kier alpha value is -7.22. The normalized spacial score (nSPS) is 11.6. The van der Waals surface area contributed by atoms with E-state index >= 15 is 0 Å². The van der Waals surface area contributed by atoms with Gasteiger partial charge in [-0.2, -0.15) is 0 Å². The molecule has 0 saturated heterocycles. The van der Waals surface area contributed by atoms with E-state index in [1.54, 1.807) is 0 Å². The van der Waals surface area contributed by atoms with Gasteiger partial charge in [0.1, 0.15) is 0 Å². The molecule has 10 aromatic carbocycles. The zero-order valence-electron chi connectivity index (χ0n) is 30.2. The van der Waals surface area contributed by atoms with Crippen LogP contribution in [0.15, 0.2) is 212 Å². The Bertz CT molecular complexity index is 3110. The van der Waals surface area contributed by atoms with Crippen molar-refractivity contribution in [2.24, 2.45) is 0 Å². The lowest BCUT2D eigenvalue weighted by molar-refractivity contribution is 1.18.